The monoisotopic (exact) mass is 350 g/mol. The molecule has 0 saturated heterocycles. The number of benzene rings is 2. The molecule has 0 aliphatic carbocycles. The molecule has 0 unspecified atom stereocenters. The van der Waals surface area contributed by atoms with Crippen molar-refractivity contribution >= 4 is 28.7 Å². The highest BCUT2D eigenvalue weighted by molar-refractivity contribution is 5.91. The van der Waals surface area contributed by atoms with Gasteiger partial charge in [-0.15, -0.1) is 0 Å². The lowest BCUT2D eigenvalue weighted by Crippen LogP contribution is -2.20. The average molecular weight is 350 g/mol. The molecule has 0 spiro atoms. The van der Waals surface area contributed by atoms with Crippen molar-refractivity contribution in [2.75, 3.05) is 19.0 Å². The number of carbonyl (C=O) groups is 1. The SMILES string of the molecule is CN(C)c1ccc(CNC(=O)C=Cc2cnc3ccccc3n2)cc1F. The molecule has 132 valence electrons. The maximum absolute atomic E-state index is 13.9. The Kier molecular flexibility index (Phi) is 5.22. The third-order valence-electron chi connectivity index (χ3n) is 3.83. The van der Waals surface area contributed by atoms with E-state index in [1.54, 1.807) is 43.4 Å². The van der Waals surface area contributed by atoms with Crippen LogP contribution in [-0.2, 0) is 11.3 Å². The number of hydrogen-bond acceptors (Lipinski definition) is 4. The second-order valence-corrected chi connectivity index (χ2v) is 6.01. The first-order valence-electron chi connectivity index (χ1n) is 8.16. The number of aromatic nitrogens is 2. The molecule has 0 aliphatic rings. The van der Waals surface area contributed by atoms with Crippen LogP contribution in [0.5, 0.6) is 0 Å². The van der Waals surface area contributed by atoms with Gasteiger partial charge in [-0.2, -0.15) is 0 Å². The minimum absolute atomic E-state index is 0.247. The summed E-state index contributed by atoms with van der Waals surface area (Å²) in [4.78, 5) is 22.4. The van der Waals surface area contributed by atoms with Gasteiger partial charge in [-0.25, -0.2) is 9.37 Å². The van der Waals surface area contributed by atoms with E-state index in [4.69, 9.17) is 0 Å². The predicted molar refractivity (Wildman–Crippen MR) is 101 cm³/mol. The number of amides is 1. The molecular formula is C20H19FN4O. The minimum Gasteiger partial charge on any atom is -0.375 e. The highest BCUT2D eigenvalue weighted by Gasteiger charge is 2.06. The molecule has 26 heavy (non-hydrogen) atoms. The third-order valence-corrected chi connectivity index (χ3v) is 3.83. The standard InChI is InChI=1S/C20H19FN4O/c1-25(2)19-9-7-14(11-16(19)21)12-23-20(26)10-8-15-13-22-17-5-3-4-6-18(17)24-15/h3-11,13H,12H2,1-2H3,(H,23,26). The summed E-state index contributed by atoms with van der Waals surface area (Å²) in [5, 5.41) is 2.73. The smallest absolute Gasteiger partial charge is 0.244 e. The average Bonchev–Trinajstić information content (AvgIpc) is 2.64. The van der Waals surface area contributed by atoms with Crippen molar-refractivity contribution in [1.29, 1.82) is 0 Å². The van der Waals surface area contributed by atoms with Gasteiger partial charge < -0.3 is 10.2 Å². The van der Waals surface area contributed by atoms with E-state index in [-0.39, 0.29) is 18.3 Å². The molecule has 0 bridgehead atoms. The van der Waals surface area contributed by atoms with E-state index in [1.165, 1.54) is 12.1 Å². The summed E-state index contributed by atoms with van der Waals surface area (Å²) >= 11 is 0. The van der Waals surface area contributed by atoms with Gasteiger partial charge in [0.2, 0.25) is 5.91 Å². The van der Waals surface area contributed by atoms with Gasteiger partial charge in [0.05, 0.1) is 28.6 Å². The van der Waals surface area contributed by atoms with Crippen molar-refractivity contribution in [2.24, 2.45) is 0 Å². The molecule has 6 heteroatoms. The van der Waals surface area contributed by atoms with Gasteiger partial charge in [0.25, 0.3) is 0 Å². The van der Waals surface area contributed by atoms with Crippen molar-refractivity contribution in [3.05, 3.63) is 71.8 Å². The summed E-state index contributed by atoms with van der Waals surface area (Å²) in [7, 11) is 3.56. The Balaban J connectivity index is 1.61. The summed E-state index contributed by atoms with van der Waals surface area (Å²) in [5.41, 5.74) is 3.37. The molecule has 3 aromatic rings. The Morgan fingerprint density at radius 1 is 1.19 bits per heavy atom. The van der Waals surface area contributed by atoms with E-state index in [9.17, 15) is 9.18 Å². The lowest BCUT2D eigenvalue weighted by atomic mass is 10.2. The molecule has 1 N–H and O–H groups in total. The molecule has 0 radical (unpaired) electrons. The Morgan fingerprint density at radius 2 is 1.96 bits per heavy atom. The van der Waals surface area contributed by atoms with E-state index >= 15 is 0 Å². The number of hydrogen-bond donors (Lipinski definition) is 1. The summed E-state index contributed by atoms with van der Waals surface area (Å²) in [6.07, 6.45) is 4.61. The van der Waals surface area contributed by atoms with Crippen molar-refractivity contribution in [3.8, 4) is 0 Å². The summed E-state index contributed by atoms with van der Waals surface area (Å²) < 4.78 is 13.9. The van der Waals surface area contributed by atoms with E-state index < -0.39 is 0 Å². The van der Waals surface area contributed by atoms with Crippen LogP contribution in [0.25, 0.3) is 17.1 Å². The predicted octanol–water partition coefficient (Wildman–Crippen LogP) is 3.16. The lowest BCUT2D eigenvalue weighted by Gasteiger charge is -2.14. The fraction of sp³-hybridized carbons (Fsp3) is 0.150. The van der Waals surface area contributed by atoms with Gasteiger partial charge in [0.1, 0.15) is 5.82 Å². The van der Waals surface area contributed by atoms with Gasteiger partial charge >= 0.3 is 0 Å². The van der Waals surface area contributed by atoms with Gasteiger partial charge in [0, 0.05) is 26.7 Å². The number of fused-ring (bicyclic) bond motifs is 1. The number of carbonyl (C=O) groups excluding carboxylic acids is 1. The van der Waals surface area contributed by atoms with E-state index in [2.05, 4.69) is 15.3 Å². The fourth-order valence-corrected chi connectivity index (χ4v) is 2.48. The molecular weight excluding hydrogens is 331 g/mol. The topological polar surface area (TPSA) is 58.1 Å². The number of para-hydroxylation sites is 2. The first-order chi connectivity index (χ1) is 12.5. The maximum atomic E-state index is 13.9. The zero-order chi connectivity index (χ0) is 18.5. The fourth-order valence-electron chi connectivity index (χ4n) is 2.48. The molecule has 0 fully saturated rings. The van der Waals surface area contributed by atoms with E-state index in [0.717, 1.165) is 11.0 Å². The highest BCUT2D eigenvalue weighted by Crippen LogP contribution is 2.18. The Hall–Kier alpha value is -3.28. The Labute approximate surface area is 151 Å². The van der Waals surface area contributed by atoms with Crippen LogP contribution in [0.2, 0.25) is 0 Å². The quantitative estimate of drug-likeness (QED) is 0.718. The van der Waals surface area contributed by atoms with Crippen LogP contribution in [0.4, 0.5) is 10.1 Å². The van der Waals surface area contributed by atoms with Crippen molar-refractivity contribution in [3.63, 3.8) is 0 Å². The van der Waals surface area contributed by atoms with Crippen LogP contribution >= 0.6 is 0 Å². The molecule has 1 amide bonds. The molecule has 3 rings (SSSR count). The van der Waals surface area contributed by atoms with Crippen LogP contribution in [0.15, 0.2) is 54.7 Å². The summed E-state index contributed by atoms with van der Waals surface area (Å²) in [6, 6.07) is 12.4. The second-order valence-electron chi connectivity index (χ2n) is 6.01. The van der Waals surface area contributed by atoms with Crippen LogP contribution in [0, 0.1) is 5.82 Å². The lowest BCUT2D eigenvalue weighted by molar-refractivity contribution is -0.116. The molecule has 1 heterocycles. The normalized spacial score (nSPS) is 11.0. The van der Waals surface area contributed by atoms with Crippen LogP contribution in [0.1, 0.15) is 11.3 Å². The van der Waals surface area contributed by atoms with Crippen molar-refractivity contribution in [1.82, 2.24) is 15.3 Å². The number of rotatable bonds is 5. The Bertz CT molecular complexity index is 969. The zero-order valence-electron chi connectivity index (χ0n) is 14.6. The van der Waals surface area contributed by atoms with Crippen LogP contribution in [0.3, 0.4) is 0 Å². The molecule has 2 aromatic carbocycles. The van der Waals surface area contributed by atoms with Crippen molar-refractivity contribution in [2.45, 2.75) is 6.54 Å². The van der Waals surface area contributed by atoms with Gasteiger partial charge in [-0.05, 0) is 35.9 Å². The van der Waals surface area contributed by atoms with Crippen LogP contribution in [-0.4, -0.2) is 30.0 Å². The van der Waals surface area contributed by atoms with E-state index in [1.807, 2.05) is 24.3 Å². The molecule has 0 atom stereocenters. The Morgan fingerprint density at radius 3 is 2.69 bits per heavy atom. The van der Waals surface area contributed by atoms with Gasteiger partial charge in [0.15, 0.2) is 0 Å². The second kappa shape index (κ2) is 7.74. The molecule has 0 aliphatic heterocycles. The number of nitrogens with one attached hydrogen (secondary N) is 1. The maximum Gasteiger partial charge on any atom is 0.244 e. The van der Waals surface area contributed by atoms with E-state index in [0.29, 0.717) is 16.9 Å². The summed E-state index contributed by atoms with van der Waals surface area (Å²) in [6.45, 7) is 0.247. The number of nitrogens with zero attached hydrogens (tertiary/aromatic N) is 3. The third kappa shape index (κ3) is 4.22. The van der Waals surface area contributed by atoms with Gasteiger partial charge in [-0.3, -0.25) is 9.78 Å². The van der Waals surface area contributed by atoms with Crippen LogP contribution < -0.4 is 10.2 Å². The zero-order valence-corrected chi connectivity index (χ0v) is 14.6. The molecule has 5 nitrogen and oxygen atoms in total. The summed E-state index contributed by atoms with van der Waals surface area (Å²) in [5.74, 6) is -0.596. The molecule has 1 aromatic heterocycles. The first-order valence-corrected chi connectivity index (χ1v) is 8.16. The number of halogens is 1. The van der Waals surface area contributed by atoms with Crippen molar-refractivity contribution < 1.29 is 9.18 Å². The largest absolute Gasteiger partial charge is 0.375 e. The molecule has 0 saturated carbocycles. The minimum atomic E-state index is -0.316. The number of anilines is 1. The highest BCUT2D eigenvalue weighted by atomic mass is 19.1. The first kappa shape index (κ1) is 17.5. The van der Waals surface area contributed by atoms with Gasteiger partial charge in [-0.1, -0.05) is 18.2 Å².